The van der Waals surface area contributed by atoms with Crippen LogP contribution in [0, 0.1) is 46.3 Å². The van der Waals surface area contributed by atoms with E-state index in [2.05, 4.69) is 33.0 Å². The molecule has 0 aromatic rings. The van der Waals surface area contributed by atoms with E-state index >= 15 is 0 Å². The normalized spacial score (nSPS) is 38.5. The molecule has 0 aromatic heterocycles. The second kappa shape index (κ2) is 18.5. The highest BCUT2D eigenvalue weighted by Gasteiger charge is 2.66. The second-order valence-corrected chi connectivity index (χ2v) is 16.1. The molecule has 11 atom stereocenters. The Morgan fingerprint density at radius 1 is 0.756 bits per heavy atom. The lowest BCUT2D eigenvalue weighted by Crippen LogP contribution is -2.63. The minimum atomic E-state index is 0.163. The summed E-state index contributed by atoms with van der Waals surface area (Å²) in [6.45, 7) is 16.2. The van der Waals surface area contributed by atoms with E-state index in [1.54, 1.807) is 0 Å². The number of fused-ring (bicyclic) bond motifs is 5. The molecular weight excluding hydrogens is 560 g/mol. The first-order chi connectivity index (χ1) is 21.8. The summed E-state index contributed by atoms with van der Waals surface area (Å²) < 4.78 is 19.9. The van der Waals surface area contributed by atoms with Crippen LogP contribution in [0.15, 0.2) is 0 Å². The van der Waals surface area contributed by atoms with Crippen molar-refractivity contribution >= 4 is 0 Å². The molecular formula is C38H74N4O3. The Bertz CT molecular complexity index is 833. The van der Waals surface area contributed by atoms with E-state index in [0.717, 1.165) is 32.2 Å². The van der Waals surface area contributed by atoms with Crippen LogP contribution in [0.4, 0.5) is 0 Å². The van der Waals surface area contributed by atoms with E-state index in [4.69, 9.17) is 31.4 Å². The summed E-state index contributed by atoms with van der Waals surface area (Å²) in [5.41, 5.74) is 18.4. The van der Waals surface area contributed by atoms with E-state index in [1.807, 2.05) is 0 Å². The van der Waals surface area contributed by atoms with Gasteiger partial charge in [-0.05, 0) is 118 Å². The van der Waals surface area contributed by atoms with Crippen LogP contribution in [0.3, 0.4) is 0 Å². The van der Waals surface area contributed by atoms with Gasteiger partial charge in [0, 0.05) is 25.0 Å². The molecule has 4 rings (SSSR count). The van der Waals surface area contributed by atoms with Crippen LogP contribution in [0.25, 0.3) is 0 Å². The van der Waals surface area contributed by atoms with E-state index in [9.17, 15) is 0 Å². The van der Waals surface area contributed by atoms with Gasteiger partial charge >= 0.3 is 0 Å². The lowest BCUT2D eigenvalue weighted by Gasteiger charge is -2.64. The minimum Gasteiger partial charge on any atom is -0.377 e. The van der Waals surface area contributed by atoms with Gasteiger partial charge < -0.3 is 36.7 Å². The molecule has 4 aliphatic carbocycles. The van der Waals surface area contributed by atoms with Gasteiger partial charge in [0.15, 0.2) is 0 Å². The number of nitrogens with one attached hydrogen (secondary N) is 1. The van der Waals surface area contributed by atoms with Gasteiger partial charge in [0.25, 0.3) is 0 Å². The van der Waals surface area contributed by atoms with Crippen LogP contribution in [-0.4, -0.2) is 70.9 Å². The first-order valence-corrected chi connectivity index (χ1v) is 19.5. The molecule has 0 spiro atoms. The zero-order valence-corrected chi connectivity index (χ0v) is 29.9. The van der Waals surface area contributed by atoms with Crippen molar-refractivity contribution in [2.24, 2.45) is 63.5 Å². The number of hydrogen-bond acceptors (Lipinski definition) is 7. The minimum absolute atomic E-state index is 0.163. The Morgan fingerprint density at radius 2 is 1.44 bits per heavy atom. The lowest BCUT2D eigenvalue weighted by atomic mass is 9.43. The zero-order valence-electron chi connectivity index (χ0n) is 29.9. The zero-order chi connectivity index (χ0) is 32.3. The molecule has 4 aliphatic rings. The monoisotopic (exact) mass is 635 g/mol. The van der Waals surface area contributed by atoms with Gasteiger partial charge in [-0.1, -0.05) is 59.8 Å². The van der Waals surface area contributed by atoms with Crippen LogP contribution < -0.4 is 22.5 Å². The molecule has 7 nitrogen and oxygen atoms in total. The summed E-state index contributed by atoms with van der Waals surface area (Å²) in [7, 11) is 0. The van der Waals surface area contributed by atoms with E-state index < -0.39 is 0 Å². The maximum absolute atomic E-state index is 6.86. The van der Waals surface area contributed by atoms with Gasteiger partial charge in [-0.25, -0.2) is 0 Å². The fourth-order valence-corrected chi connectivity index (χ4v) is 11.2. The molecule has 0 aromatic carbocycles. The molecule has 0 bridgehead atoms. The molecule has 7 heteroatoms. The number of ether oxygens (including phenoxy) is 3. The van der Waals surface area contributed by atoms with Gasteiger partial charge in [-0.3, -0.25) is 0 Å². The summed E-state index contributed by atoms with van der Waals surface area (Å²) >= 11 is 0. The third kappa shape index (κ3) is 8.85. The standard InChI is InChI=1S/C38H74N4O3/c1-5-6-7-8-9-10-20-42-21-11-12-28(2)31-13-14-32-36-33(27-35(38(31,32)4)45-24-19-41)37(3)16-15-30(43-22-17-39)25-29(37)26-34(36)44-23-18-40/h28-36,42H,5-27,39-41H2,1-4H3/t28?,29?,30-,31?,32+,33+,34-,35+,36?,37+,38-/m1/s1. The summed E-state index contributed by atoms with van der Waals surface area (Å²) in [4.78, 5) is 0. The van der Waals surface area contributed by atoms with E-state index in [1.165, 1.54) is 77.2 Å². The fraction of sp³-hybridized carbons (Fsp3) is 1.00. The summed E-state index contributed by atoms with van der Waals surface area (Å²) in [5.74, 6) is 3.81. The SMILES string of the molecule is CCCCCCCCNCCCC(C)C1CC[C@H]2C3[C@H](OCCN)CC4C[C@H](OCCN)CC[C@]4(C)[C@H]3C[C@H](OCCN)[C@]12C. The number of rotatable bonds is 21. The van der Waals surface area contributed by atoms with Crippen molar-refractivity contribution < 1.29 is 14.2 Å². The lowest BCUT2D eigenvalue weighted by molar-refractivity contribution is -0.226. The van der Waals surface area contributed by atoms with Crippen LogP contribution in [0.2, 0.25) is 0 Å². The Hall–Kier alpha value is -0.280. The third-order valence-corrected chi connectivity index (χ3v) is 13.5. The molecule has 45 heavy (non-hydrogen) atoms. The smallest absolute Gasteiger partial charge is 0.0637 e. The Labute approximate surface area is 277 Å². The number of hydrogen-bond donors (Lipinski definition) is 4. The molecule has 0 radical (unpaired) electrons. The van der Waals surface area contributed by atoms with Crippen LogP contribution >= 0.6 is 0 Å². The maximum atomic E-state index is 6.86. The topological polar surface area (TPSA) is 118 Å². The van der Waals surface area contributed by atoms with Crippen LogP contribution in [-0.2, 0) is 14.2 Å². The van der Waals surface area contributed by atoms with Gasteiger partial charge in [0.2, 0.25) is 0 Å². The molecule has 7 N–H and O–H groups in total. The molecule has 0 saturated heterocycles. The van der Waals surface area contributed by atoms with Gasteiger partial charge in [0.1, 0.15) is 0 Å². The highest BCUT2D eigenvalue weighted by Crippen LogP contribution is 2.69. The molecule has 264 valence electrons. The first kappa shape index (κ1) is 37.5. The van der Waals surface area contributed by atoms with E-state index in [-0.39, 0.29) is 17.6 Å². The molecule has 4 fully saturated rings. The molecule has 0 heterocycles. The fourth-order valence-electron chi connectivity index (χ4n) is 11.2. The Kier molecular flexibility index (Phi) is 15.4. The number of nitrogens with two attached hydrogens (primary N) is 3. The average Bonchev–Trinajstić information content (AvgIpc) is 3.40. The van der Waals surface area contributed by atoms with Gasteiger partial charge in [-0.15, -0.1) is 0 Å². The molecule has 0 aliphatic heterocycles. The second-order valence-electron chi connectivity index (χ2n) is 16.1. The third-order valence-electron chi connectivity index (χ3n) is 13.5. The van der Waals surface area contributed by atoms with Crippen molar-refractivity contribution in [3.05, 3.63) is 0 Å². The van der Waals surface area contributed by atoms with Gasteiger partial charge in [0.05, 0.1) is 38.1 Å². The predicted molar refractivity (Wildman–Crippen MR) is 187 cm³/mol. The summed E-state index contributed by atoms with van der Waals surface area (Å²) in [5, 5.41) is 3.75. The van der Waals surface area contributed by atoms with Crippen molar-refractivity contribution in [2.45, 2.75) is 142 Å². The highest BCUT2D eigenvalue weighted by atomic mass is 16.5. The summed E-state index contributed by atoms with van der Waals surface area (Å²) in [6, 6.07) is 0. The maximum Gasteiger partial charge on any atom is 0.0637 e. The van der Waals surface area contributed by atoms with Crippen molar-refractivity contribution in [3.63, 3.8) is 0 Å². The summed E-state index contributed by atoms with van der Waals surface area (Å²) in [6.07, 6.45) is 20.1. The number of unbranched alkanes of at least 4 members (excludes halogenated alkanes) is 5. The van der Waals surface area contributed by atoms with Gasteiger partial charge in [-0.2, -0.15) is 0 Å². The molecule has 4 unspecified atom stereocenters. The van der Waals surface area contributed by atoms with Crippen molar-refractivity contribution in [2.75, 3.05) is 52.5 Å². The van der Waals surface area contributed by atoms with Crippen LogP contribution in [0.1, 0.15) is 124 Å². The van der Waals surface area contributed by atoms with E-state index in [0.29, 0.717) is 86.5 Å². The van der Waals surface area contributed by atoms with Crippen molar-refractivity contribution in [1.29, 1.82) is 0 Å². The quantitative estimate of drug-likeness (QED) is 0.110. The van der Waals surface area contributed by atoms with Crippen molar-refractivity contribution in [1.82, 2.24) is 5.32 Å². The predicted octanol–water partition coefficient (Wildman–Crippen LogP) is 6.26. The highest BCUT2D eigenvalue weighted by molar-refractivity contribution is 5.15. The molecule has 0 amide bonds. The molecule has 4 saturated carbocycles. The van der Waals surface area contributed by atoms with Crippen LogP contribution in [0.5, 0.6) is 0 Å². The first-order valence-electron chi connectivity index (χ1n) is 19.5. The Balaban J connectivity index is 1.44. The average molecular weight is 635 g/mol. The Morgan fingerprint density at radius 3 is 2.20 bits per heavy atom. The van der Waals surface area contributed by atoms with Crippen molar-refractivity contribution in [3.8, 4) is 0 Å². The largest absolute Gasteiger partial charge is 0.377 e.